The third kappa shape index (κ3) is 1.94. The third-order valence-electron chi connectivity index (χ3n) is 2.24. The number of carbonyl (C=O) groups excluding carboxylic acids is 1. The molecule has 0 radical (unpaired) electrons. The summed E-state index contributed by atoms with van der Waals surface area (Å²) in [5, 5.41) is 0. The second kappa shape index (κ2) is 3.85. The maximum absolute atomic E-state index is 13.1. The highest BCUT2D eigenvalue weighted by Gasteiger charge is 2.33. The van der Waals surface area contributed by atoms with Crippen LogP contribution in [0, 0.1) is 5.92 Å². The Labute approximate surface area is 71.5 Å². The van der Waals surface area contributed by atoms with Crippen molar-refractivity contribution in [3.05, 3.63) is 0 Å². The van der Waals surface area contributed by atoms with E-state index in [1.165, 1.54) is 7.11 Å². The molecule has 1 saturated heterocycles. The Morgan fingerprint density at radius 1 is 1.67 bits per heavy atom. The Hall–Kier alpha value is -0.640. The molecule has 0 aromatic rings. The minimum atomic E-state index is -1.03. The molecule has 70 valence electrons. The first-order chi connectivity index (χ1) is 5.65. The first-order valence-corrected chi connectivity index (χ1v) is 4.05. The van der Waals surface area contributed by atoms with Crippen LogP contribution in [-0.2, 0) is 9.53 Å². The topological polar surface area (TPSA) is 29.5 Å². The molecule has 0 amide bonds. The van der Waals surface area contributed by atoms with Crippen LogP contribution in [0.15, 0.2) is 0 Å². The number of halogens is 1. The zero-order valence-corrected chi connectivity index (χ0v) is 7.42. The van der Waals surface area contributed by atoms with Gasteiger partial charge in [0.2, 0.25) is 0 Å². The van der Waals surface area contributed by atoms with Gasteiger partial charge in [-0.05, 0) is 13.5 Å². The maximum atomic E-state index is 13.1. The van der Waals surface area contributed by atoms with Crippen molar-refractivity contribution in [2.45, 2.75) is 12.6 Å². The van der Waals surface area contributed by atoms with Gasteiger partial charge in [-0.1, -0.05) is 0 Å². The largest absolute Gasteiger partial charge is 0.469 e. The zero-order chi connectivity index (χ0) is 9.14. The number of ether oxygens (including phenoxy) is 1. The Bertz CT molecular complexity index is 174. The molecule has 0 saturated carbocycles. The van der Waals surface area contributed by atoms with Crippen molar-refractivity contribution in [3.63, 3.8) is 0 Å². The molecule has 3 nitrogen and oxygen atoms in total. The van der Waals surface area contributed by atoms with Crippen molar-refractivity contribution in [3.8, 4) is 0 Å². The monoisotopic (exact) mass is 175 g/mol. The van der Waals surface area contributed by atoms with E-state index in [1.807, 2.05) is 11.9 Å². The normalized spacial score (nSPS) is 31.6. The molecule has 1 rings (SSSR count). The molecule has 1 fully saturated rings. The van der Waals surface area contributed by atoms with Gasteiger partial charge in [0.25, 0.3) is 0 Å². The number of nitrogens with zero attached hydrogens (tertiary/aromatic N) is 1. The summed E-state index contributed by atoms with van der Waals surface area (Å²) in [5.74, 6) is -1.03. The van der Waals surface area contributed by atoms with E-state index in [1.54, 1.807) is 0 Å². The molecule has 1 aliphatic heterocycles. The van der Waals surface area contributed by atoms with Crippen LogP contribution in [0.3, 0.4) is 0 Å². The average molecular weight is 175 g/mol. The lowest BCUT2D eigenvalue weighted by molar-refractivity contribution is -0.150. The lowest BCUT2D eigenvalue weighted by atomic mass is 9.96. The lowest BCUT2D eigenvalue weighted by Crippen LogP contribution is -2.43. The van der Waals surface area contributed by atoms with Crippen LogP contribution in [0.2, 0.25) is 0 Å². The van der Waals surface area contributed by atoms with Crippen LogP contribution < -0.4 is 0 Å². The summed E-state index contributed by atoms with van der Waals surface area (Å²) in [4.78, 5) is 13.0. The van der Waals surface area contributed by atoms with Gasteiger partial charge in [-0.3, -0.25) is 4.79 Å². The van der Waals surface area contributed by atoms with Crippen molar-refractivity contribution in [2.75, 3.05) is 27.2 Å². The maximum Gasteiger partial charge on any atom is 0.312 e. The van der Waals surface area contributed by atoms with Gasteiger partial charge >= 0.3 is 5.97 Å². The molecule has 2 atom stereocenters. The van der Waals surface area contributed by atoms with Crippen LogP contribution >= 0.6 is 0 Å². The smallest absolute Gasteiger partial charge is 0.312 e. The number of methoxy groups -OCH3 is 1. The number of alkyl halides is 1. The van der Waals surface area contributed by atoms with E-state index >= 15 is 0 Å². The van der Waals surface area contributed by atoms with E-state index < -0.39 is 18.1 Å². The molecule has 0 aromatic heterocycles. The number of carbonyl (C=O) groups is 1. The van der Waals surface area contributed by atoms with E-state index in [2.05, 4.69) is 4.74 Å². The van der Waals surface area contributed by atoms with Crippen molar-refractivity contribution in [1.82, 2.24) is 4.90 Å². The van der Waals surface area contributed by atoms with Gasteiger partial charge in [-0.25, -0.2) is 4.39 Å². The Morgan fingerprint density at radius 2 is 2.33 bits per heavy atom. The number of likely N-dealkylation sites (tertiary alicyclic amines) is 1. The van der Waals surface area contributed by atoms with Gasteiger partial charge in [0.1, 0.15) is 12.1 Å². The van der Waals surface area contributed by atoms with Gasteiger partial charge in [-0.15, -0.1) is 0 Å². The summed E-state index contributed by atoms with van der Waals surface area (Å²) in [7, 11) is 3.17. The van der Waals surface area contributed by atoms with Crippen molar-refractivity contribution in [2.24, 2.45) is 5.92 Å². The number of piperidine rings is 1. The van der Waals surface area contributed by atoms with E-state index in [4.69, 9.17) is 0 Å². The number of hydrogen-bond donors (Lipinski definition) is 0. The van der Waals surface area contributed by atoms with Crippen LogP contribution in [0.4, 0.5) is 4.39 Å². The number of rotatable bonds is 1. The molecule has 1 heterocycles. The quantitative estimate of drug-likeness (QED) is 0.542. The van der Waals surface area contributed by atoms with Crippen molar-refractivity contribution in [1.29, 1.82) is 0 Å². The molecular weight excluding hydrogens is 161 g/mol. The highest BCUT2D eigenvalue weighted by atomic mass is 19.1. The fourth-order valence-electron chi connectivity index (χ4n) is 1.46. The predicted molar refractivity (Wildman–Crippen MR) is 42.5 cm³/mol. The summed E-state index contributed by atoms with van der Waals surface area (Å²) in [6.45, 7) is 1.18. The molecule has 4 heteroatoms. The highest BCUT2D eigenvalue weighted by molar-refractivity contribution is 5.73. The Balaban J connectivity index is 2.54. The van der Waals surface area contributed by atoms with Crippen LogP contribution in [0.1, 0.15) is 6.42 Å². The first-order valence-electron chi connectivity index (χ1n) is 4.05. The molecule has 0 unspecified atom stereocenters. The van der Waals surface area contributed by atoms with Crippen LogP contribution in [0.25, 0.3) is 0 Å². The summed E-state index contributed by atoms with van der Waals surface area (Å²) in [5.41, 5.74) is 0. The van der Waals surface area contributed by atoms with E-state index in [-0.39, 0.29) is 0 Å². The minimum absolute atomic E-state index is 0.427. The Kier molecular flexibility index (Phi) is 3.03. The second-order valence-electron chi connectivity index (χ2n) is 3.20. The molecular formula is C8H14FNO2. The summed E-state index contributed by atoms with van der Waals surface area (Å²) < 4.78 is 17.6. The minimum Gasteiger partial charge on any atom is -0.469 e. The van der Waals surface area contributed by atoms with E-state index in [0.29, 0.717) is 19.5 Å². The van der Waals surface area contributed by atoms with E-state index in [9.17, 15) is 9.18 Å². The van der Waals surface area contributed by atoms with Gasteiger partial charge < -0.3 is 9.64 Å². The van der Waals surface area contributed by atoms with Crippen LogP contribution in [0.5, 0.6) is 0 Å². The third-order valence-corrected chi connectivity index (χ3v) is 2.24. The summed E-state index contributed by atoms with van der Waals surface area (Å²) in [6.07, 6.45) is -0.607. The molecule has 1 aliphatic rings. The highest BCUT2D eigenvalue weighted by Crippen LogP contribution is 2.20. The van der Waals surface area contributed by atoms with Gasteiger partial charge in [0.15, 0.2) is 0 Å². The zero-order valence-electron chi connectivity index (χ0n) is 7.42. The van der Waals surface area contributed by atoms with E-state index in [0.717, 1.165) is 0 Å². The molecule has 0 N–H and O–H groups in total. The Morgan fingerprint density at radius 3 is 2.92 bits per heavy atom. The standard InChI is InChI=1S/C8H14FNO2/c1-10-4-3-7(9)6(5-10)8(11)12-2/h6-7H,3-5H2,1-2H3/t6-,7+/m0/s1. The fraction of sp³-hybridized carbons (Fsp3) is 0.875. The summed E-state index contributed by atoms with van der Waals surface area (Å²) >= 11 is 0. The summed E-state index contributed by atoms with van der Waals surface area (Å²) in [6, 6.07) is 0. The van der Waals surface area contributed by atoms with Gasteiger partial charge in [0.05, 0.1) is 7.11 Å². The molecule has 12 heavy (non-hydrogen) atoms. The fourth-order valence-corrected chi connectivity index (χ4v) is 1.46. The van der Waals surface area contributed by atoms with Crippen molar-refractivity contribution < 1.29 is 13.9 Å². The van der Waals surface area contributed by atoms with Gasteiger partial charge in [0, 0.05) is 13.1 Å². The molecule has 0 bridgehead atoms. The number of esters is 1. The molecule has 0 spiro atoms. The first kappa shape index (κ1) is 9.45. The second-order valence-corrected chi connectivity index (χ2v) is 3.20. The van der Waals surface area contributed by atoms with Crippen LogP contribution in [-0.4, -0.2) is 44.3 Å². The van der Waals surface area contributed by atoms with Gasteiger partial charge in [-0.2, -0.15) is 0 Å². The SMILES string of the molecule is COC(=O)[C@H]1CN(C)CC[C@H]1F. The molecule has 0 aromatic carbocycles. The molecule has 0 aliphatic carbocycles. The average Bonchev–Trinajstić information content (AvgIpc) is 2.08. The predicted octanol–water partition coefficient (Wildman–Crippen LogP) is 0.449. The van der Waals surface area contributed by atoms with Crippen molar-refractivity contribution >= 4 is 5.97 Å². The lowest BCUT2D eigenvalue weighted by Gasteiger charge is -2.30. The number of hydrogen-bond acceptors (Lipinski definition) is 3.